The second kappa shape index (κ2) is 6.95. The number of carbonyl (C=O) groups is 1. The molecular weight excluding hydrogens is 330 g/mol. The molecular formula is C17H15NO3S2. The second-order valence-corrected chi connectivity index (χ2v) is 6.84. The van der Waals surface area contributed by atoms with Crippen molar-refractivity contribution >= 4 is 34.7 Å². The molecule has 0 radical (unpaired) electrons. The molecule has 1 atom stereocenters. The van der Waals surface area contributed by atoms with Crippen molar-refractivity contribution in [1.29, 1.82) is 0 Å². The Balaban J connectivity index is 1.71. The number of rotatable bonds is 6. The first-order valence-electron chi connectivity index (χ1n) is 6.97. The lowest BCUT2D eigenvalue weighted by Gasteiger charge is -2.26. The van der Waals surface area contributed by atoms with Gasteiger partial charge >= 0.3 is 0 Å². The smallest absolute Gasteiger partial charge is 0.244 e. The minimum absolute atomic E-state index is 0.0701. The molecule has 3 aromatic rings. The number of furan rings is 1. The van der Waals surface area contributed by atoms with Crippen LogP contribution in [0.5, 0.6) is 0 Å². The third-order valence-corrected chi connectivity index (χ3v) is 5.25. The zero-order chi connectivity index (χ0) is 16.1. The summed E-state index contributed by atoms with van der Waals surface area (Å²) in [5.74, 6) is -0.253. The van der Waals surface area contributed by atoms with Crippen LogP contribution in [-0.4, -0.2) is 17.6 Å². The van der Waals surface area contributed by atoms with Crippen molar-refractivity contribution in [2.75, 3.05) is 6.54 Å². The predicted molar refractivity (Wildman–Crippen MR) is 92.4 cm³/mol. The number of hydrogen-bond donors (Lipinski definition) is 2. The molecule has 0 fully saturated rings. The Morgan fingerprint density at radius 3 is 2.74 bits per heavy atom. The van der Waals surface area contributed by atoms with E-state index in [4.69, 9.17) is 4.42 Å². The van der Waals surface area contributed by atoms with Gasteiger partial charge in [-0.05, 0) is 35.0 Å². The highest BCUT2D eigenvalue weighted by atomic mass is 32.1. The minimum atomic E-state index is -1.30. The van der Waals surface area contributed by atoms with Gasteiger partial charge < -0.3 is 14.8 Å². The average molecular weight is 345 g/mol. The van der Waals surface area contributed by atoms with E-state index in [-0.39, 0.29) is 12.5 Å². The molecule has 0 aliphatic carbocycles. The Morgan fingerprint density at radius 2 is 2.09 bits per heavy atom. The molecule has 0 saturated carbocycles. The number of nitrogens with one attached hydrogen (secondary N) is 1. The first-order valence-corrected chi connectivity index (χ1v) is 8.73. The van der Waals surface area contributed by atoms with Crippen molar-refractivity contribution in [3.63, 3.8) is 0 Å². The van der Waals surface area contributed by atoms with E-state index in [9.17, 15) is 9.90 Å². The van der Waals surface area contributed by atoms with Gasteiger partial charge in [-0.3, -0.25) is 4.79 Å². The number of aliphatic hydroxyl groups is 1. The molecule has 23 heavy (non-hydrogen) atoms. The Labute approximate surface area is 141 Å². The maximum Gasteiger partial charge on any atom is 0.244 e. The lowest BCUT2D eigenvalue weighted by molar-refractivity contribution is -0.117. The van der Waals surface area contributed by atoms with Gasteiger partial charge in [0.05, 0.1) is 19.1 Å². The topological polar surface area (TPSA) is 62.5 Å². The van der Waals surface area contributed by atoms with E-state index in [1.54, 1.807) is 23.5 Å². The van der Waals surface area contributed by atoms with Crippen LogP contribution in [0.4, 0.5) is 0 Å². The molecule has 3 rings (SSSR count). The maximum atomic E-state index is 12.0. The summed E-state index contributed by atoms with van der Waals surface area (Å²) in [6.45, 7) is 0.0701. The summed E-state index contributed by atoms with van der Waals surface area (Å²) in [4.78, 5) is 13.8. The molecule has 0 saturated heterocycles. The van der Waals surface area contributed by atoms with Gasteiger partial charge in [-0.2, -0.15) is 0 Å². The standard InChI is InChI=1S/C17H15NO3S2/c19-16(6-5-14-3-1-9-22-14)18-12-17(20,13-7-8-21-11-13)15-4-2-10-23-15/h1-11,20H,12H2,(H,18,19)/b6-5+. The SMILES string of the molecule is O=C(/C=C/c1cccs1)NCC(O)(c1ccoc1)c1cccs1. The van der Waals surface area contributed by atoms with Crippen LogP contribution in [0.15, 0.2) is 64.1 Å². The van der Waals surface area contributed by atoms with Gasteiger partial charge in [0.2, 0.25) is 5.91 Å². The molecule has 0 aromatic carbocycles. The van der Waals surface area contributed by atoms with Crippen LogP contribution >= 0.6 is 22.7 Å². The van der Waals surface area contributed by atoms with Gasteiger partial charge in [0.1, 0.15) is 5.60 Å². The Bertz CT molecular complexity index is 725. The van der Waals surface area contributed by atoms with E-state index in [2.05, 4.69) is 5.32 Å². The van der Waals surface area contributed by atoms with Crippen molar-refractivity contribution in [3.8, 4) is 0 Å². The van der Waals surface area contributed by atoms with E-state index >= 15 is 0 Å². The largest absolute Gasteiger partial charge is 0.472 e. The van der Waals surface area contributed by atoms with E-state index in [1.165, 1.54) is 29.9 Å². The summed E-state index contributed by atoms with van der Waals surface area (Å²) >= 11 is 2.99. The fourth-order valence-corrected chi connectivity index (χ4v) is 3.63. The summed E-state index contributed by atoms with van der Waals surface area (Å²) in [5.41, 5.74) is -0.685. The molecule has 3 aromatic heterocycles. The van der Waals surface area contributed by atoms with Crippen molar-refractivity contribution in [1.82, 2.24) is 5.32 Å². The van der Waals surface area contributed by atoms with E-state index in [0.717, 1.165) is 9.75 Å². The number of hydrogen-bond acceptors (Lipinski definition) is 5. The summed E-state index contributed by atoms with van der Waals surface area (Å²) in [5, 5.41) is 17.6. The van der Waals surface area contributed by atoms with Crippen molar-refractivity contribution < 1.29 is 14.3 Å². The molecule has 2 N–H and O–H groups in total. The molecule has 0 spiro atoms. The predicted octanol–water partition coefficient (Wildman–Crippen LogP) is 3.47. The van der Waals surface area contributed by atoms with Gasteiger partial charge in [0.25, 0.3) is 0 Å². The lowest BCUT2D eigenvalue weighted by atomic mass is 9.94. The monoisotopic (exact) mass is 345 g/mol. The Kier molecular flexibility index (Phi) is 4.76. The van der Waals surface area contributed by atoms with Crippen LogP contribution in [0.25, 0.3) is 6.08 Å². The van der Waals surface area contributed by atoms with Crippen LogP contribution in [-0.2, 0) is 10.4 Å². The van der Waals surface area contributed by atoms with Crippen molar-refractivity contribution in [2.45, 2.75) is 5.60 Å². The van der Waals surface area contributed by atoms with E-state index < -0.39 is 5.60 Å². The van der Waals surface area contributed by atoms with Crippen molar-refractivity contribution in [2.24, 2.45) is 0 Å². The highest BCUT2D eigenvalue weighted by molar-refractivity contribution is 7.10. The van der Waals surface area contributed by atoms with E-state index in [1.807, 2.05) is 35.0 Å². The highest BCUT2D eigenvalue weighted by Gasteiger charge is 2.34. The zero-order valence-electron chi connectivity index (χ0n) is 12.1. The number of carbonyl (C=O) groups excluding carboxylic acids is 1. The summed E-state index contributed by atoms with van der Waals surface area (Å²) in [6, 6.07) is 9.26. The molecule has 1 amide bonds. The third-order valence-electron chi connectivity index (χ3n) is 3.39. The van der Waals surface area contributed by atoms with E-state index in [0.29, 0.717) is 5.56 Å². The molecule has 6 heteroatoms. The van der Waals surface area contributed by atoms with Gasteiger partial charge in [0, 0.05) is 21.4 Å². The first-order chi connectivity index (χ1) is 11.2. The number of amides is 1. The maximum absolute atomic E-state index is 12.0. The van der Waals surface area contributed by atoms with Crippen molar-refractivity contribution in [3.05, 3.63) is 75.0 Å². The summed E-state index contributed by atoms with van der Waals surface area (Å²) in [7, 11) is 0. The third kappa shape index (κ3) is 3.61. The molecule has 0 aliphatic heterocycles. The second-order valence-electron chi connectivity index (χ2n) is 4.92. The molecule has 4 nitrogen and oxygen atoms in total. The Hall–Kier alpha value is -2.15. The van der Waals surface area contributed by atoms with Crippen LogP contribution in [0.3, 0.4) is 0 Å². The van der Waals surface area contributed by atoms with Gasteiger partial charge in [-0.15, -0.1) is 22.7 Å². The summed E-state index contributed by atoms with van der Waals surface area (Å²) in [6.07, 6.45) is 6.22. The fraction of sp³-hybridized carbons (Fsp3) is 0.118. The van der Waals surface area contributed by atoms with Crippen LogP contribution in [0.2, 0.25) is 0 Å². The zero-order valence-corrected chi connectivity index (χ0v) is 13.8. The molecule has 118 valence electrons. The molecule has 0 bridgehead atoms. The normalized spacial score (nSPS) is 14.0. The molecule has 3 heterocycles. The fourth-order valence-electron chi connectivity index (χ4n) is 2.16. The number of thiophene rings is 2. The Morgan fingerprint density at radius 1 is 1.26 bits per heavy atom. The van der Waals surface area contributed by atoms with Gasteiger partial charge in [-0.1, -0.05) is 12.1 Å². The van der Waals surface area contributed by atoms with Gasteiger partial charge in [0.15, 0.2) is 0 Å². The summed E-state index contributed by atoms with van der Waals surface area (Å²) < 4.78 is 5.08. The first kappa shape index (κ1) is 15.7. The van der Waals surface area contributed by atoms with Crippen LogP contribution < -0.4 is 5.32 Å². The minimum Gasteiger partial charge on any atom is -0.472 e. The van der Waals surface area contributed by atoms with Crippen LogP contribution in [0.1, 0.15) is 15.3 Å². The van der Waals surface area contributed by atoms with Gasteiger partial charge in [-0.25, -0.2) is 0 Å². The quantitative estimate of drug-likeness (QED) is 0.673. The average Bonchev–Trinajstić information content (AvgIpc) is 3.33. The lowest BCUT2D eigenvalue weighted by Crippen LogP contribution is -2.40. The van der Waals surface area contributed by atoms with Crippen LogP contribution in [0, 0.1) is 0 Å². The highest BCUT2D eigenvalue weighted by Crippen LogP contribution is 2.32. The molecule has 0 aliphatic rings. The molecule has 1 unspecified atom stereocenters.